The largest absolute Gasteiger partial charge is 0.379 e. The Morgan fingerprint density at radius 2 is 2.08 bits per heavy atom. The Balaban J connectivity index is 1.61. The molecule has 134 valence electrons. The lowest BCUT2D eigenvalue weighted by atomic mass is 10.2. The minimum Gasteiger partial charge on any atom is -0.379 e. The molecule has 1 fully saturated rings. The van der Waals surface area contributed by atoms with Gasteiger partial charge in [-0.2, -0.15) is 0 Å². The second kappa shape index (κ2) is 10.2. The van der Waals surface area contributed by atoms with E-state index >= 15 is 0 Å². The van der Waals surface area contributed by atoms with Gasteiger partial charge in [-0.25, -0.2) is 0 Å². The van der Waals surface area contributed by atoms with Crippen LogP contribution in [0.15, 0.2) is 29.3 Å². The van der Waals surface area contributed by atoms with Crippen LogP contribution in [0.4, 0.5) is 5.69 Å². The number of nitrogens with one attached hydrogen (secondary N) is 2. The minimum atomic E-state index is 0.285. The van der Waals surface area contributed by atoms with Crippen molar-refractivity contribution < 1.29 is 9.47 Å². The summed E-state index contributed by atoms with van der Waals surface area (Å²) in [6.07, 6.45) is 2.26. The Hall–Kier alpha value is -1.79. The molecule has 6 nitrogen and oxygen atoms in total. The Morgan fingerprint density at radius 3 is 2.71 bits per heavy atom. The van der Waals surface area contributed by atoms with E-state index in [9.17, 15) is 0 Å². The predicted octanol–water partition coefficient (Wildman–Crippen LogP) is 1.61. The average molecular weight is 334 g/mol. The number of hydrogen-bond donors (Lipinski definition) is 2. The summed E-state index contributed by atoms with van der Waals surface area (Å²) in [7, 11) is 5.88. The van der Waals surface area contributed by atoms with Crippen molar-refractivity contribution in [3.8, 4) is 0 Å². The molecule has 1 aromatic carbocycles. The van der Waals surface area contributed by atoms with Gasteiger partial charge < -0.3 is 25.0 Å². The number of rotatable bonds is 8. The van der Waals surface area contributed by atoms with Gasteiger partial charge in [0.2, 0.25) is 0 Å². The van der Waals surface area contributed by atoms with Gasteiger partial charge in [0.15, 0.2) is 5.96 Å². The fourth-order valence-corrected chi connectivity index (χ4v) is 2.49. The highest BCUT2D eigenvalue weighted by atomic mass is 16.5. The molecule has 2 rings (SSSR count). The van der Waals surface area contributed by atoms with Crippen LogP contribution in [0.1, 0.15) is 18.4 Å². The summed E-state index contributed by atoms with van der Waals surface area (Å²) in [6.45, 7) is 3.92. The van der Waals surface area contributed by atoms with Gasteiger partial charge in [-0.3, -0.25) is 4.99 Å². The number of hydrogen-bond acceptors (Lipinski definition) is 4. The van der Waals surface area contributed by atoms with E-state index < -0.39 is 0 Å². The first-order valence-electron chi connectivity index (χ1n) is 8.59. The summed E-state index contributed by atoms with van der Waals surface area (Å²) in [5, 5.41) is 6.64. The van der Waals surface area contributed by atoms with Gasteiger partial charge in [0.1, 0.15) is 0 Å². The second-order valence-corrected chi connectivity index (χ2v) is 6.12. The Bertz CT molecular complexity index is 496. The standard InChI is InChI=1S/C18H30N4O2/c1-19-18(20-10-4-11-24-17-9-12-23-14-17)21-13-15-5-7-16(8-6-15)22(2)3/h5-8,17H,4,9-14H2,1-3H3,(H2,19,20,21). The molecule has 0 saturated carbocycles. The number of benzene rings is 1. The van der Waals surface area contributed by atoms with Crippen LogP contribution in [-0.2, 0) is 16.0 Å². The van der Waals surface area contributed by atoms with Gasteiger partial charge in [-0.05, 0) is 30.5 Å². The molecule has 0 spiro atoms. The maximum absolute atomic E-state index is 5.75. The zero-order valence-corrected chi connectivity index (χ0v) is 15.0. The normalized spacial score (nSPS) is 17.8. The highest BCUT2D eigenvalue weighted by Crippen LogP contribution is 2.12. The fourth-order valence-electron chi connectivity index (χ4n) is 2.49. The lowest BCUT2D eigenvalue weighted by Gasteiger charge is -2.15. The fraction of sp³-hybridized carbons (Fsp3) is 0.611. The van der Waals surface area contributed by atoms with E-state index in [1.54, 1.807) is 7.05 Å². The number of aliphatic imine (C=N–C) groups is 1. The summed E-state index contributed by atoms with van der Waals surface area (Å²) in [5.41, 5.74) is 2.43. The maximum atomic E-state index is 5.75. The quantitative estimate of drug-likeness (QED) is 0.430. The first-order chi connectivity index (χ1) is 11.7. The van der Waals surface area contributed by atoms with Gasteiger partial charge in [0.25, 0.3) is 0 Å². The average Bonchev–Trinajstić information content (AvgIpc) is 3.11. The molecule has 0 aromatic heterocycles. The third kappa shape index (κ3) is 6.37. The van der Waals surface area contributed by atoms with Gasteiger partial charge >= 0.3 is 0 Å². The molecule has 0 aliphatic carbocycles. The van der Waals surface area contributed by atoms with Crippen LogP contribution in [0.3, 0.4) is 0 Å². The first-order valence-corrected chi connectivity index (χ1v) is 8.59. The highest BCUT2D eigenvalue weighted by Gasteiger charge is 2.15. The first kappa shape index (κ1) is 18.5. The van der Waals surface area contributed by atoms with Crippen LogP contribution >= 0.6 is 0 Å². The molecular weight excluding hydrogens is 304 g/mol. The summed E-state index contributed by atoms with van der Waals surface area (Å²) < 4.78 is 11.0. The maximum Gasteiger partial charge on any atom is 0.191 e. The van der Waals surface area contributed by atoms with Crippen molar-refractivity contribution in [3.63, 3.8) is 0 Å². The number of anilines is 1. The van der Waals surface area contributed by atoms with Crippen LogP contribution in [0, 0.1) is 0 Å². The number of nitrogens with zero attached hydrogens (tertiary/aromatic N) is 2. The van der Waals surface area contributed by atoms with E-state index in [0.717, 1.165) is 51.7 Å². The smallest absolute Gasteiger partial charge is 0.191 e. The van der Waals surface area contributed by atoms with Crippen molar-refractivity contribution >= 4 is 11.6 Å². The molecule has 1 aliphatic heterocycles. The molecular formula is C18H30N4O2. The van der Waals surface area contributed by atoms with Crippen LogP contribution in [0.2, 0.25) is 0 Å². The molecule has 0 radical (unpaired) electrons. The molecule has 1 unspecified atom stereocenters. The molecule has 1 aliphatic rings. The number of ether oxygens (including phenoxy) is 2. The zero-order chi connectivity index (χ0) is 17.2. The third-order valence-electron chi connectivity index (χ3n) is 3.99. The van der Waals surface area contributed by atoms with E-state index in [1.807, 2.05) is 14.1 Å². The lowest BCUT2D eigenvalue weighted by molar-refractivity contribution is 0.0420. The predicted molar refractivity (Wildman–Crippen MR) is 98.8 cm³/mol. The lowest BCUT2D eigenvalue weighted by Crippen LogP contribution is -2.37. The van der Waals surface area contributed by atoms with Gasteiger partial charge in [0.05, 0.1) is 12.7 Å². The summed E-state index contributed by atoms with van der Waals surface area (Å²) >= 11 is 0. The van der Waals surface area contributed by atoms with Gasteiger partial charge in [0, 0.05) is 53.1 Å². The topological polar surface area (TPSA) is 58.1 Å². The van der Waals surface area contributed by atoms with Crippen molar-refractivity contribution in [1.29, 1.82) is 0 Å². The monoisotopic (exact) mass is 334 g/mol. The molecule has 1 atom stereocenters. The zero-order valence-electron chi connectivity index (χ0n) is 15.0. The van der Waals surface area contributed by atoms with Crippen LogP contribution < -0.4 is 15.5 Å². The van der Waals surface area contributed by atoms with Crippen molar-refractivity contribution in [2.24, 2.45) is 4.99 Å². The van der Waals surface area contributed by atoms with Crippen molar-refractivity contribution in [3.05, 3.63) is 29.8 Å². The van der Waals surface area contributed by atoms with Crippen molar-refractivity contribution in [2.75, 3.05) is 52.4 Å². The Kier molecular flexibility index (Phi) is 7.85. The van der Waals surface area contributed by atoms with Crippen LogP contribution in [0.5, 0.6) is 0 Å². The second-order valence-electron chi connectivity index (χ2n) is 6.12. The Labute approximate surface area is 145 Å². The summed E-state index contributed by atoms with van der Waals surface area (Å²) in [5.74, 6) is 0.816. The summed E-state index contributed by atoms with van der Waals surface area (Å²) in [4.78, 5) is 6.34. The minimum absolute atomic E-state index is 0.285. The number of guanidine groups is 1. The highest BCUT2D eigenvalue weighted by molar-refractivity contribution is 5.79. The van der Waals surface area contributed by atoms with E-state index in [-0.39, 0.29) is 6.10 Å². The van der Waals surface area contributed by atoms with E-state index in [1.165, 1.54) is 11.3 Å². The van der Waals surface area contributed by atoms with Crippen molar-refractivity contribution in [2.45, 2.75) is 25.5 Å². The molecule has 0 amide bonds. The van der Waals surface area contributed by atoms with E-state index in [2.05, 4.69) is 44.8 Å². The van der Waals surface area contributed by atoms with Crippen LogP contribution in [-0.4, -0.2) is 59.6 Å². The third-order valence-corrected chi connectivity index (χ3v) is 3.99. The van der Waals surface area contributed by atoms with Gasteiger partial charge in [-0.1, -0.05) is 12.1 Å². The van der Waals surface area contributed by atoms with E-state index in [0.29, 0.717) is 0 Å². The van der Waals surface area contributed by atoms with Crippen molar-refractivity contribution in [1.82, 2.24) is 10.6 Å². The molecule has 1 saturated heterocycles. The molecule has 1 aromatic rings. The SMILES string of the molecule is CN=C(NCCCOC1CCOC1)NCc1ccc(N(C)C)cc1. The molecule has 2 N–H and O–H groups in total. The Morgan fingerprint density at radius 1 is 1.29 bits per heavy atom. The summed E-state index contributed by atoms with van der Waals surface area (Å²) in [6, 6.07) is 8.51. The molecule has 6 heteroatoms. The van der Waals surface area contributed by atoms with E-state index in [4.69, 9.17) is 9.47 Å². The molecule has 24 heavy (non-hydrogen) atoms. The molecule has 1 heterocycles. The molecule has 0 bridgehead atoms. The van der Waals surface area contributed by atoms with Crippen LogP contribution in [0.25, 0.3) is 0 Å². The van der Waals surface area contributed by atoms with Gasteiger partial charge in [-0.15, -0.1) is 0 Å².